The molecule has 4 nitrogen and oxygen atoms in total. The molecular formula is C21H25NO3S. The highest BCUT2D eigenvalue weighted by Crippen LogP contribution is 2.14. The second-order valence-corrected chi connectivity index (χ2v) is 7.16. The number of amides is 1. The van der Waals surface area contributed by atoms with Crippen LogP contribution < -0.4 is 5.32 Å². The topological polar surface area (TPSA) is 55.4 Å². The van der Waals surface area contributed by atoms with Crippen LogP contribution in [0.25, 0.3) is 0 Å². The molecule has 0 unspecified atom stereocenters. The highest BCUT2D eigenvalue weighted by molar-refractivity contribution is 7.99. The van der Waals surface area contributed by atoms with Crippen molar-refractivity contribution in [2.75, 3.05) is 12.9 Å². The number of thioether (sulfide) groups is 1. The van der Waals surface area contributed by atoms with Gasteiger partial charge in [-0.05, 0) is 43.0 Å². The van der Waals surface area contributed by atoms with Gasteiger partial charge >= 0.3 is 5.97 Å². The summed E-state index contributed by atoms with van der Waals surface area (Å²) < 4.78 is 4.72. The van der Waals surface area contributed by atoms with Crippen molar-refractivity contribution >= 4 is 23.6 Å². The molecule has 0 aliphatic carbocycles. The van der Waals surface area contributed by atoms with Gasteiger partial charge in [-0.25, -0.2) is 4.79 Å². The number of hydrogen-bond donors (Lipinski definition) is 1. The zero-order valence-electron chi connectivity index (χ0n) is 15.2. The van der Waals surface area contributed by atoms with E-state index in [9.17, 15) is 9.59 Å². The Kier molecular flexibility index (Phi) is 8.22. The largest absolute Gasteiger partial charge is 0.465 e. The van der Waals surface area contributed by atoms with Crippen LogP contribution in [0, 0.1) is 0 Å². The van der Waals surface area contributed by atoms with Crippen LogP contribution in [0.3, 0.4) is 0 Å². The first-order valence-corrected chi connectivity index (χ1v) is 9.82. The Balaban J connectivity index is 1.69. The first-order valence-electron chi connectivity index (χ1n) is 8.66. The average molecular weight is 372 g/mol. The van der Waals surface area contributed by atoms with E-state index in [1.165, 1.54) is 24.4 Å². The second kappa shape index (κ2) is 10.7. The molecule has 1 N–H and O–H groups in total. The maximum atomic E-state index is 12.1. The Bertz CT molecular complexity index is 718. The molecule has 1 amide bonds. The molecule has 0 fully saturated rings. The van der Waals surface area contributed by atoms with Crippen molar-refractivity contribution in [2.45, 2.75) is 31.6 Å². The van der Waals surface area contributed by atoms with E-state index >= 15 is 0 Å². The highest BCUT2D eigenvalue weighted by Gasteiger charge is 2.09. The van der Waals surface area contributed by atoms with E-state index in [0.717, 1.165) is 18.4 Å². The Morgan fingerprint density at radius 3 is 2.54 bits per heavy atom. The highest BCUT2D eigenvalue weighted by atomic mass is 32.2. The Morgan fingerprint density at radius 1 is 1.08 bits per heavy atom. The zero-order valence-corrected chi connectivity index (χ0v) is 16.1. The Morgan fingerprint density at radius 2 is 1.81 bits per heavy atom. The maximum absolute atomic E-state index is 12.1. The lowest BCUT2D eigenvalue weighted by molar-refractivity contribution is -0.119. The van der Waals surface area contributed by atoms with Crippen molar-refractivity contribution < 1.29 is 14.3 Å². The third-order valence-corrected chi connectivity index (χ3v) is 4.97. The van der Waals surface area contributed by atoms with Gasteiger partial charge in [0.15, 0.2) is 0 Å². The van der Waals surface area contributed by atoms with E-state index in [-0.39, 0.29) is 17.9 Å². The monoisotopic (exact) mass is 371 g/mol. The molecule has 0 saturated heterocycles. The lowest BCUT2D eigenvalue weighted by Crippen LogP contribution is -2.34. The Labute approximate surface area is 159 Å². The van der Waals surface area contributed by atoms with Gasteiger partial charge in [0.2, 0.25) is 5.91 Å². The first-order chi connectivity index (χ1) is 12.6. The fourth-order valence-electron chi connectivity index (χ4n) is 2.58. The number of rotatable bonds is 9. The van der Waals surface area contributed by atoms with E-state index in [1.807, 2.05) is 37.3 Å². The number of aryl methyl sites for hydroxylation is 1. The summed E-state index contributed by atoms with van der Waals surface area (Å²) in [6, 6.07) is 17.7. The summed E-state index contributed by atoms with van der Waals surface area (Å²) in [5.74, 6) is 0.774. The maximum Gasteiger partial charge on any atom is 0.337 e. The summed E-state index contributed by atoms with van der Waals surface area (Å²) in [5, 5.41) is 3.04. The van der Waals surface area contributed by atoms with Gasteiger partial charge < -0.3 is 10.1 Å². The predicted octanol–water partition coefficient (Wildman–Crippen LogP) is 3.84. The number of nitrogens with one attached hydrogen (secondary N) is 1. The summed E-state index contributed by atoms with van der Waals surface area (Å²) in [6.45, 7) is 2.03. The summed E-state index contributed by atoms with van der Waals surface area (Å²) in [7, 11) is 1.37. The van der Waals surface area contributed by atoms with Gasteiger partial charge in [-0.1, -0.05) is 42.5 Å². The molecule has 0 radical (unpaired) electrons. The van der Waals surface area contributed by atoms with Crippen molar-refractivity contribution in [2.24, 2.45) is 0 Å². The molecule has 26 heavy (non-hydrogen) atoms. The fourth-order valence-corrected chi connectivity index (χ4v) is 3.37. The van der Waals surface area contributed by atoms with Crippen LogP contribution in [0.4, 0.5) is 0 Å². The summed E-state index contributed by atoms with van der Waals surface area (Å²) in [4.78, 5) is 23.6. The van der Waals surface area contributed by atoms with Gasteiger partial charge in [0.05, 0.1) is 18.4 Å². The minimum absolute atomic E-state index is 0.0414. The lowest BCUT2D eigenvalue weighted by atomic mass is 10.1. The molecule has 0 aromatic heterocycles. The van der Waals surface area contributed by atoms with Gasteiger partial charge in [-0.3, -0.25) is 4.79 Å². The van der Waals surface area contributed by atoms with Crippen LogP contribution in [-0.2, 0) is 21.7 Å². The first kappa shape index (κ1) is 20.0. The van der Waals surface area contributed by atoms with Gasteiger partial charge in [0, 0.05) is 11.8 Å². The third-order valence-electron chi connectivity index (χ3n) is 3.97. The molecule has 2 aromatic carbocycles. The van der Waals surface area contributed by atoms with Crippen molar-refractivity contribution in [1.29, 1.82) is 0 Å². The molecule has 0 aliphatic heterocycles. The van der Waals surface area contributed by atoms with Crippen LogP contribution in [0.15, 0.2) is 54.6 Å². The minimum Gasteiger partial charge on any atom is -0.465 e. The average Bonchev–Trinajstić information content (AvgIpc) is 2.66. The van der Waals surface area contributed by atoms with E-state index in [1.54, 1.807) is 12.1 Å². The Hall–Kier alpha value is -2.27. The van der Waals surface area contributed by atoms with E-state index in [0.29, 0.717) is 17.1 Å². The van der Waals surface area contributed by atoms with Crippen LogP contribution in [0.5, 0.6) is 0 Å². The molecule has 0 aliphatic rings. The second-order valence-electron chi connectivity index (χ2n) is 6.18. The number of methoxy groups -OCH3 is 1. The standard InChI is InChI=1S/C21H25NO3S/c1-16(11-12-17-7-4-3-5-8-17)22-20(23)15-26-14-18-9-6-10-19(13-18)21(24)25-2/h3-10,13,16H,11-12,14-15H2,1-2H3,(H,22,23)/t16-/m0/s1. The van der Waals surface area contributed by atoms with Crippen molar-refractivity contribution in [1.82, 2.24) is 5.32 Å². The predicted molar refractivity (Wildman–Crippen MR) is 106 cm³/mol. The fraction of sp³-hybridized carbons (Fsp3) is 0.333. The lowest BCUT2D eigenvalue weighted by Gasteiger charge is -2.14. The van der Waals surface area contributed by atoms with E-state index in [2.05, 4.69) is 17.4 Å². The number of esters is 1. The number of carbonyl (C=O) groups is 2. The van der Waals surface area contributed by atoms with Crippen LogP contribution in [0.2, 0.25) is 0 Å². The summed E-state index contributed by atoms with van der Waals surface area (Å²) >= 11 is 1.53. The molecule has 5 heteroatoms. The quantitative estimate of drug-likeness (QED) is 0.681. The van der Waals surface area contributed by atoms with Gasteiger partial charge in [0.25, 0.3) is 0 Å². The minimum atomic E-state index is -0.346. The molecule has 2 aromatic rings. The normalized spacial score (nSPS) is 11.6. The van der Waals surface area contributed by atoms with E-state index < -0.39 is 0 Å². The van der Waals surface area contributed by atoms with Gasteiger partial charge in [-0.2, -0.15) is 0 Å². The van der Waals surface area contributed by atoms with E-state index in [4.69, 9.17) is 4.74 Å². The van der Waals surface area contributed by atoms with Gasteiger partial charge in [0.1, 0.15) is 0 Å². The summed E-state index contributed by atoms with van der Waals surface area (Å²) in [5.41, 5.74) is 2.82. The number of carbonyl (C=O) groups excluding carboxylic acids is 2. The van der Waals surface area contributed by atoms with Crippen molar-refractivity contribution in [3.05, 3.63) is 71.3 Å². The SMILES string of the molecule is COC(=O)c1cccc(CSCC(=O)N[C@@H](C)CCc2ccccc2)c1. The smallest absolute Gasteiger partial charge is 0.337 e. The molecule has 0 heterocycles. The molecule has 138 valence electrons. The number of benzene rings is 2. The van der Waals surface area contributed by atoms with Crippen LogP contribution in [0.1, 0.15) is 34.8 Å². The molecular weight excluding hydrogens is 346 g/mol. The zero-order chi connectivity index (χ0) is 18.8. The third kappa shape index (κ3) is 6.92. The molecule has 0 spiro atoms. The summed E-state index contributed by atoms with van der Waals surface area (Å²) in [6.07, 6.45) is 1.87. The van der Waals surface area contributed by atoms with Crippen molar-refractivity contribution in [3.8, 4) is 0 Å². The number of hydrogen-bond acceptors (Lipinski definition) is 4. The van der Waals surface area contributed by atoms with Crippen LogP contribution >= 0.6 is 11.8 Å². The van der Waals surface area contributed by atoms with Gasteiger partial charge in [-0.15, -0.1) is 11.8 Å². The number of ether oxygens (including phenoxy) is 1. The molecule has 2 rings (SSSR count). The molecule has 0 bridgehead atoms. The van der Waals surface area contributed by atoms with Crippen LogP contribution in [-0.4, -0.2) is 30.8 Å². The molecule has 1 atom stereocenters. The van der Waals surface area contributed by atoms with Crippen molar-refractivity contribution in [3.63, 3.8) is 0 Å². The molecule has 0 saturated carbocycles.